The molecule has 0 atom stereocenters. The maximum atomic E-state index is 10.1. The summed E-state index contributed by atoms with van der Waals surface area (Å²) in [5.74, 6) is 0.895. The van der Waals surface area contributed by atoms with Crippen molar-refractivity contribution < 1.29 is 5.11 Å². The van der Waals surface area contributed by atoms with Gasteiger partial charge >= 0.3 is 0 Å². The predicted octanol–water partition coefficient (Wildman–Crippen LogP) is 2.45. The van der Waals surface area contributed by atoms with Crippen LogP contribution in [0.5, 0.6) is 0 Å². The van der Waals surface area contributed by atoms with Gasteiger partial charge < -0.3 is 10.4 Å². The summed E-state index contributed by atoms with van der Waals surface area (Å²) >= 11 is 1.37. The smallest absolute Gasteiger partial charge is 0.202 e. The van der Waals surface area contributed by atoms with Crippen LogP contribution < -0.4 is 5.32 Å². The highest BCUT2D eigenvalue weighted by atomic mass is 32.1. The average molecular weight is 243 g/mol. The first-order valence-electron chi connectivity index (χ1n) is 5.92. The number of anilines is 1. The van der Waals surface area contributed by atoms with Crippen LogP contribution >= 0.6 is 11.5 Å². The molecule has 4 nitrogen and oxygen atoms in total. The van der Waals surface area contributed by atoms with Crippen molar-refractivity contribution in [1.82, 2.24) is 9.36 Å². The number of hydrogen-bond acceptors (Lipinski definition) is 5. The highest BCUT2D eigenvalue weighted by molar-refractivity contribution is 7.09. The van der Waals surface area contributed by atoms with Crippen LogP contribution in [0.4, 0.5) is 5.13 Å². The number of aliphatic hydroxyl groups is 1. The average Bonchev–Trinajstić information content (AvgIpc) is 2.74. The van der Waals surface area contributed by atoms with Crippen LogP contribution in [0.2, 0.25) is 0 Å². The molecule has 1 aromatic rings. The van der Waals surface area contributed by atoms with Gasteiger partial charge in [-0.15, -0.1) is 0 Å². The third-order valence-electron chi connectivity index (χ3n) is 2.83. The molecule has 0 unspecified atom stereocenters. The van der Waals surface area contributed by atoms with E-state index >= 15 is 0 Å². The zero-order valence-corrected chi connectivity index (χ0v) is 11.1. The quantitative estimate of drug-likeness (QED) is 0.772. The van der Waals surface area contributed by atoms with E-state index in [1.165, 1.54) is 11.5 Å². The minimum absolute atomic E-state index is 0.542. The van der Waals surface area contributed by atoms with Gasteiger partial charge in [0.05, 0.1) is 5.60 Å². The lowest BCUT2D eigenvalue weighted by Gasteiger charge is -2.24. The van der Waals surface area contributed by atoms with Gasteiger partial charge in [0, 0.05) is 24.5 Å². The molecule has 0 bridgehead atoms. The number of aryl methyl sites for hydroxylation is 1. The highest BCUT2D eigenvalue weighted by Gasteiger charge is 2.22. The fourth-order valence-corrected chi connectivity index (χ4v) is 2.00. The van der Waals surface area contributed by atoms with E-state index in [0.717, 1.165) is 36.6 Å². The molecule has 0 amide bonds. The first-order chi connectivity index (χ1) is 7.63. The molecule has 0 fully saturated rings. The van der Waals surface area contributed by atoms with Crippen LogP contribution in [0.15, 0.2) is 0 Å². The van der Waals surface area contributed by atoms with E-state index in [4.69, 9.17) is 0 Å². The Morgan fingerprint density at radius 3 is 2.56 bits per heavy atom. The van der Waals surface area contributed by atoms with Gasteiger partial charge in [0.1, 0.15) is 5.82 Å². The van der Waals surface area contributed by atoms with Gasteiger partial charge in [-0.2, -0.15) is 4.37 Å². The lowest BCUT2D eigenvalue weighted by atomic mass is 9.98. The highest BCUT2D eigenvalue weighted by Crippen LogP contribution is 2.18. The largest absolute Gasteiger partial charge is 0.388 e. The number of nitrogens with one attached hydrogen (secondary N) is 1. The summed E-state index contributed by atoms with van der Waals surface area (Å²) in [6, 6.07) is 0. The molecule has 5 heteroatoms. The second kappa shape index (κ2) is 6.15. The molecule has 16 heavy (non-hydrogen) atoms. The molecular formula is C11H21N3OS. The van der Waals surface area contributed by atoms with Crippen LogP contribution in [0.3, 0.4) is 0 Å². The first-order valence-corrected chi connectivity index (χ1v) is 6.69. The molecule has 0 aliphatic rings. The van der Waals surface area contributed by atoms with Crippen molar-refractivity contribution in [2.75, 3.05) is 11.9 Å². The third-order valence-corrected chi connectivity index (χ3v) is 3.54. The maximum Gasteiger partial charge on any atom is 0.202 e. The van der Waals surface area contributed by atoms with Crippen molar-refractivity contribution in [3.8, 4) is 0 Å². The number of hydrogen-bond donors (Lipinski definition) is 2. The monoisotopic (exact) mass is 243 g/mol. The van der Waals surface area contributed by atoms with Crippen molar-refractivity contribution in [1.29, 1.82) is 0 Å². The Morgan fingerprint density at radius 2 is 2.00 bits per heavy atom. The third kappa shape index (κ3) is 3.72. The predicted molar refractivity (Wildman–Crippen MR) is 67.9 cm³/mol. The summed E-state index contributed by atoms with van der Waals surface area (Å²) in [6.07, 6.45) is 3.47. The summed E-state index contributed by atoms with van der Waals surface area (Å²) in [6.45, 7) is 6.64. The molecule has 0 aliphatic heterocycles. The minimum atomic E-state index is -0.628. The Bertz CT molecular complexity index is 310. The van der Waals surface area contributed by atoms with E-state index in [1.807, 2.05) is 13.8 Å². The Balaban J connectivity index is 2.47. The van der Waals surface area contributed by atoms with E-state index in [1.54, 1.807) is 0 Å². The van der Waals surface area contributed by atoms with Crippen molar-refractivity contribution in [3.05, 3.63) is 5.82 Å². The van der Waals surface area contributed by atoms with Crippen LogP contribution in [-0.2, 0) is 6.42 Å². The van der Waals surface area contributed by atoms with Crippen molar-refractivity contribution in [2.24, 2.45) is 0 Å². The second-order valence-electron chi connectivity index (χ2n) is 4.05. The topological polar surface area (TPSA) is 58.0 Å². The van der Waals surface area contributed by atoms with Gasteiger partial charge in [0.25, 0.3) is 0 Å². The maximum absolute atomic E-state index is 10.1. The normalized spacial score (nSPS) is 11.8. The number of nitrogens with zero attached hydrogens (tertiary/aromatic N) is 2. The summed E-state index contributed by atoms with van der Waals surface area (Å²) in [7, 11) is 0. The summed E-state index contributed by atoms with van der Waals surface area (Å²) in [5.41, 5.74) is -0.628. The molecule has 0 aliphatic carbocycles. The molecule has 0 spiro atoms. The molecule has 0 radical (unpaired) electrons. The van der Waals surface area contributed by atoms with E-state index < -0.39 is 5.60 Å². The number of aromatic nitrogens is 2. The molecule has 1 aromatic heterocycles. The summed E-state index contributed by atoms with van der Waals surface area (Å²) < 4.78 is 4.24. The first kappa shape index (κ1) is 13.4. The van der Waals surface area contributed by atoms with Crippen molar-refractivity contribution in [2.45, 2.75) is 52.1 Å². The Morgan fingerprint density at radius 1 is 1.31 bits per heavy atom. The second-order valence-corrected chi connectivity index (χ2v) is 4.80. The number of rotatable bonds is 7. The zero-order valence-electron chi connectivity index (χ0n) is 10.3. The Kier molecular flexibility index (Phi) is 5.15. The van der Waals surface area contributed by atoms with Crippen molar-refractivity contribution >= 4 is 16.7 Å². The molecule has 0 saturated heterocycles. The lowest BCUT2D eigenvalue weighted by molar-refractivity contribution is 0.0457. The van der Waals surface area contributed by atoms with E-state index in [9.17, 15) is 5.11 Å². The van der Waals surface area contributed by atoms with Gasteiger partial charge in [-0.1, -0.05) is 20.8 Å². The Labute approximate surface area is 101 Å². The molecule has 0 aromatic carbocycles. The fourth-order valence-electron chi connectivity index (χ4n) is 1.39. The van der Waals surface area contributed by atoms with Crippen molar-refractivity contribution in [3.63, 3.8) is 0 Å². The van der Waals surface area contributed by atoms with Crippen LogP contribution in [-0.4, -0.2) is 26.6 Å². The standard InChI is InChI=1S/C11H21N3OS/c1-4-7-9-13-10(16-14-9)12-8-11(15,5-2)6-3/h15H,4-8H2,1-3H3,(H,12,13,14). The molecule has 1 rings (SSSR count). The van der Waals surface area contributed by atoms with Crippen LogP contribution in [0.1, 0.15) is 45.9 Å². The SMILES string of the molecule is CCCc1nsc(NCC(O)(CC)CC)n1. The fraction of sp³-hybridized carbons (Fsp3) is 0.818. The lowest BCUT2D eigenvalue weighted by Crippen LogP contribution is -2.35. The van der Waals surface area contributed by atoms with Gasteiger partial charge in [0.15, 0.2) is 0 Å². The van der Waals surface area contributed by atoms with Gasteiger partial charge in [-0.05, 0) is 19.3 Å². The summed E-state index contributed by atoms with van der Waals surface area (Å²) in [5, 5.41) is 14.1. The van der Waals surface area contributed by atoms with E-state index in [0.29, 0.717) is 6.54 Å². The van der Waals surface area contributed by atoms with E-state index in [2.05, 4.69) is 21.6 Å². The Hall–Kier alpha value is -0.680. The molecule has 1 heterocycles. The van der Waals surface area contributed by atoms with Gasteiger partial charge in [-0.25, -0.2) is 4.98 Å². The molecule has 0 saturated carbocycles. The minimum Gasteiger partial charge on any atom is -0.388 e. The van der Waals surface area contributed by atoms with Gasteiger partial charge in [0.2, 0.25) is 5.13 Å². The van der Waals surface area contributed by atoms with Crippen LogP contribution in [0, 0.1) is 0 Å². The zero-order chi connectivity index (χ0) is 12.0. The summed E-state index contributed by atoms with van der Waals surface area (Å²) in [4.78, 5) is 4.36. The molecule has 92 valence electrons. The molecule has 2 N–H and O–H groups in total. The molecular weight excluding hydrogens is 222 g/mol. The van der Waals surface area contributed by atoms with E-state index in [-0.39, 0.29) is 0 Å². The van der Waals surface area contributed by atoms with Crippen LogP contribution in [0.25, 0.3) is 0 Å². The van der Waals surface area contributed by atoms with Gasteiger partial charge in [-0.3, -0.25) is 0 Å².